The van der Waals surface area contributed by atoms with Gasteiger partial charge in [0.05, 0.1) is 0 Å². The summed E-state index contributed by atoms with van der Waals surface area (Å²) in [6, 6.07) is 10.7. The zero-order chi connectivity index (χ0) is 17.8. The van der Waals surface area contributed by atoms with E-state index in [9.17, 15) is 13.6 Å². The maximum Gasteiger partial charge on any atom is 0.263 e. The lowest BCUT2D eigenvalue weighted by Crippen LogP contribution is -2.15. The summed E-state index contributed by atoms with van der Waals surface area (Å²) in [7, 11) is 0. The molecule has 3 aromatic rings. The van der Waals surface area contributed by atoms with E-state index in [1.807, 2.05) is 18.2 Å². The summed E-state index contributed by atoms with van der Waals surface area (Å²) in [6.45, 7) is 0. The molecule has 0 atom stereocenters. The normalized spacial score (nSPS) is 10.7. The second kappa shape index (κ2) is 7.90. The number of hydrogen-bond acceptors (Lipinski definition) is 5. The number of amides is 1. The van der Waals surface area contributed by atoms with E-state index in [4.69, 9.17) is 11.6 Å². The largest absolute Gasteiger partial charge is 0.296 e. The SMILES string of the molecule is O=C(Nc1nnc(SCc2ccccc2Cl)s1)c1c(F)cccc1F. The zero-order valence-corrected chi connectivity index (χ0v) is 14.9. The smallest absolute Gasteiger partial charge is 0.263 e. The van der Waals surface area contributed by atoms with Crippen molar-refractivity contribution in [2.75, 3.05) is 5.32 Å². The van der Waals surface area contributed by atoms with Gasteiger partial charge in [-0.2, -0.15) is 0 Å². The van der Waals surface area contributed by atoms with Crippen LogP contribution in [0, 0.1) is 11.6 Å². The maximum atomic E-state index is 13.6. The van der Waals surface area contributed by atoms with E-state index in [0.29, 0.717) is 15.1 Å². The van der Waals surface area contributed by atoms with Crippen LogP contribution in [0.1, 0.15) is 15.9 Å². The van der Waals surface area contributed by atoms with Gasteiger partial charge in [-0.15, -0.1) is 10.2 Å². The van der Waals surface area contributed by atoms with Crippen LogP contribution in [-0.4, -0.2) is 16.1 Å². The molecule has 0 saturated carbocycles. The first-order valence-electron chi connectivity index (χ1n) is 6.99. The Balaban J connectivity index is 1.66. The van der Waals surface area contributed by atoms with Gasteiger partial charge in [-0.05, 0) is 23.8 Å². The molecule has 0 spiro atoms. The Kier molecular flexibility index (Phi) is 5.62. The highest BCUT2D eigenvalue weighted by molar-refractivity contribution is 8.00. The lowest BCUT2D eigenvalue weighted by molar-refractivity contribution is 0.101. The third-order valence-corrected chi connectivity index (χ3v) is 5.52. The van der Waals surface area contributed by atoms with Crippen LogP contribution < -0.4 is 5.32 Å². The number of halogens is 3. The summed E-state index contributed by atoms with van der Waals surface area (Å²) in [6.07, 6.45) is 0. The third-order valence-electron chi connectivity index (χ3n) is 3.13. The van der Waals surface area contributed by atoms with E-state index in [-0.39, 0.29) is 5.13 Å². The molecule has 0 aliphatic rings. The number of nitrogens with zero attached hydrogens (tertiary/aromatic N) is 2. The molecule has 0 fully saturated rings. The lowest BCUT2D eigenvalue weighted by atomic mass is 10.2. The summed E-state index contributed by atoms with van der Waals surface area (Å²) in [4.78, 5) is 12.0. The minimum atomic E-state index is -0.935. The molecule has 0 saturated heterocycles. The first-order valence-corrected chi connectivity index (χ1v) is 9.17. The van der Waals surface area contributed by atoms with Crippen molar-refractivity contribution in [3.05, 3.63) is 70.2 Å². The molecule has 0 radical (unpaired) electrons. The predicted molar refractivity (Wildman–Crippen MR) is 95.2 cm³/mol. The summed E-state index contributed by atoms with van der Waals surface area (Å²) in [5.41, 5.74) is 0.298. The quantitative estimate of drug-likeness (QED) is 0.485. The predicted octanol–water partition coefficient (Wildman–Crippen LogP) is 5.01. The second-order valence-corrected chi connectivity index (χ2v) is 7.41. The average Bonchev–Trinajstić information content (AvgIpc) is 3.01. The molecule has 9 heteroatoms. The Morgan fingerprint density at radius 3 is 2.56 bits per heavy atom. The van der Waals surface area contributed by atoms with Gasteiger partial charge in [0, 0.05) is 10.8 Å². The molecule has 1 heterocycles. The summed E-state index contributed by atoms with van der Waals surface area (Å²) in [5.74, 6) is -2.19. The van der Waals surface area contributed by atoms with Crippen molar-refractivity contribution in [2.45, 2.75) is 10.1 Å². The number of nitrogens with one attached hydrogen (secondary N) is 1. The fraction of sp³-hybridized carbons (Fsp3) is 0.0625. The number of carbonyl (C=O) groups is 1. The number of rotatable bonds is 5. The number of benzene rings is 2. The number of carbonyl (C=O) groups excluding carboxylic acids is 1. The molecular weight excluding hydrogens is 388 g/mol. The molecule has 0 bridgehead atoms. The van der Waals surface area contributed by atoms with E-state index in [0.717, 1.165) is 29.0 Å². The Bertz CT molecular complexity index is 900. The zero-order valence-electron chi connectivity index (χ0n) is 12.5. The van der Waals surface area contributed by atoms with Crippen molar-refractivity contribution in [2.24, 2.45) is 0 Å². The summed E-state index contributed by atoms with van der Waals surface area (Å²) in [5, 5.41) is 10.9. The highest BCUT2D eigenvalue weighted by Crippen LogP contribution is 2.30. The van der Waals surface area contributed by atoms with Crippen molar-refractivity contribution >= 4 is 45.7 Å². The van der Waals surface area contributed by atoms with E-state index < -0.39 is 23.1 Å². The molecule has 1 amide bonds. The van der Waals surface area contributed by atoms with Crippen LogP contribution in [0.3, 0.4) is 0 Å². The van der Waals surface area contributed by atoms with Crippen LogP contribution in [0.15, 0.2) is 46.8 Å². The second-order valence-electron chi connectivity index (χ2n) is 4.80. The number of anilines is 1. The fourth-order valence-corrected chi connectivity index (χ4v) is 3.98. The summed E-state index contributed by atoms with van der Waals surface area (Å²) >= 11 is 8.60. The molecule has 4 nitrogen and oxygen atoms in total. The molecule has 0 unspecified atom stereocenters. The van der Waals surface area contributed by atoms with Crippen molar-refractivity contribution in [3.63, 3.8) is 0 Å². The molecular formula is C16H10ClF2N3OS2. The minimum absolute atomic E-state index is 0.161. The van der Waals surface area contributed by atoms with E-state index in [1.165, 1.54) is 17.8 Å². The first-order chi connectivity index (χ1) is 12.0. The van der Waals surface area contributed by atoms with Gasteiger partial charge >= 0.3 is 0 Å². The maximum absolute atomic E-state index is 13.6. The van der Waals surface area contributed by atoms with Gasteiger partial charge in [-0.25, -0.2) is 8.78 Å². The van der Waals surface area contributed by atoms with Gasteiger partial charge in [0.2, 0.25) is 5.13 Å². The molecule has 3 rings (SSSR count). The Morgan fingerprint density at radius 1 is 1.12 bits per heavy atom. The van der Waals surface area contributed by atoms with E-state index in [2.05, 4.69) is 15.5 Å². The van der Waals surface area contributed by atoms with Crippen LogP contribution in [0.25, 0.3) is 0 Å². The Hall–Kier alpha value is -2.03. The highest BCUT2D eigenvalue weighted by atomic mass is 35.5. The Labute approximate surface area is 155 Å². The Morgan fingerprint density at radius 2 is 1.84 bits per heavy atom. The molecule has 0 aliphatic heterocycles. The molecule has 25 heavy (non-hydrogen) atoms. The van der Waals surface area contributed by atoms with Crippen LogP contribution in [0.2, 0.25) is 5.02 Å². The van der Waals surface area contributed by atoms with Gasteiger partial charge in [0.1, 0.15) is 17.2 Å². The third kappa shape index (κ3) is 4.33. The number of aromatic nitrogens is 2. The number of hydrogen-bond donors (Lipinski definition) is 1. The van der Waals surface area contributed by atoms with Gasteiger partial charge in [0.15, 0.2) is 4.34 Å². The van der Waals surface area contributed by atoms with Crippen molar-refractivity contribution < 1.29 is 13.6 Å². The first kappa shape index (κ1) is 17.8. The standard InChI is InChI=1S/C16H10ClF2N3OS2/c17-10-5-2-1-4-9(10)8-24-16-22-21-15(25-16)20-14(23)13-11(18)6-3-7-12(13)19/h1-7H,8H2,(H,20,21,23). The van der Waals surface area contributed by atoms with E-state index >= 15 is 0 Å². The van der Waals surface area contributed by atoms with Crippen molar-refractivity contribution in [1.82, 2.24) is 10.2 Å². The van der Waals surface area contributed by atoms with Crippen LogP contribution in [0.4, 0.5) is 13.9 Å². The molecule has 128 valence electrons. The van der Waals surface area contributed by atoms with Gasteiger partial charge in [0.25, 0.3) is 5.91 Å². The van der Waals surface area contributed by atoms with Crippen molar-refractivity contribution in [3.8, 4) is 0 Å². The molecule has 0 aliphatic carbocycles. The lowest BCUT2D eigenvalue weighted by Gasteiger charge is -2.03. The minimum Gasteiger partial charge on any atom is -0.296 e. The summed E-state index contributed by atoms with van der Waals surface area (Å²) < 4.78 is 27.8. The highest BCUT2D eigenvalue weighted by Gasteiger charge is 2.18. The van der Waals surface area contributed by atoms with Crippen LogP contribution in [-0.2, 0) is 5.75 Å². The van der Waals surface area contributed by atoms with Gasteiger partial charge in [-0.3, -0.25) is 10.1 Å². The fourth-order valence-electron chi connectivity index (χ4n) is 1.95. The molecule has 1 aromatic heterocycles. The van der Waals surface area contributed by atoms with Crippen LogP contribution in [0.5, 0.6) is 0 Å². The molecule has 1 N–H and O–H groups in total. The number of thioether (sulfide) groups is 1. The van der Waals surface area contributed by atoms with Gasteiger partial charge < -0.3 is 0 Å². The van der Waals surface area contributed by atoms with Gasteiger partial charge in [-0.1, -0.05) is 59.0 Å². The van der Waals surface area contributed by atoms with Crippen LogP contribution >= 0.6 is 34.7 Å². The topological polar surface area (TPSA) is 54.9 Å². The monoisotopic (exact) mass is 397 g/mol. The molecule has 2 aromatic carbocycles. The van der Waals surface area contributed by atoms with Crippen molar-refractivity contribution in [1.29, 1.82) is 0 Å². The van der Waals surface area contributed by atoms with E-state index in [1.54, 1.807) is 6.07 Å². The average molecular weight is 398 g/mol.